The Bertz CT molecular complexity index is 809. The number of aryl methyl sites for hydroxylation is 1. The van der Waals surface area contributed by atoms with Crippen molar-refractivity contribution in [3.63, 3.8) is 0 Å². The highest BCUT2D eigenvalue weighted by Gasteiger charge is 2.10. The fourth-order valence-corrected chi connectivity index (χ4v) is 2.46. The molecule has 0 radical (unpaired) electrons. The highest BCUT2D eigenvalue weighted by molar-refractivity contribution is 5.76. The fraction of sp³-hybridized carbons (Fsp3) is 0.235. The van der Waals surface area contributed by atoms with Crippen LogP contribution in [0.25, 0.3) is 10.9 Å². The van der Waals surface area contributed by atoms with Gasteiger partial charge in [-0.1, -0.05) is 37.3 Å². The van der Waals surface area contributed by atoms with Crippen LogP contribution in [0, 0.1) is 0 Å². The van der Waals surface area contributed by atoms with Gasteiger partial charge in [0.25, 0.3) is 5.56 Å². The van der Waals surface area contributed by atoms with Crippen molar-refractivity contribution in [2.75, 3.05) is 0 Å². The number of hydrogen-bond acceptors (Lipinski definition) is 3. The first-order valence-electron chi connectivity index (χ1n) is 7.17. The van der Waals surface area contributed by atoms with Crippen molar-refractivity contribution in [2.45, 2.75) is 26.3 Å². The first-order chi connectivity index (χ1) is 10.3. The molecule has 3 rings (SSSR count). The minimum absolute atomic E-state index is 0.00898. The monoisotopic (exact) mass is 279 g/mol. The quantitative estimate of drug-likeness (QED) is 0.738. The van der Waals surface area contributed by atoms with Crippen molar-refractivity contribution < 1.29 is 0 Å². The van der Waals surface area contributed by atoms with E-state index < -0.39 is 0 Å². The fourth-order valence-electron chi connectivity index (χ4n) is 2.46. The molecule has 1 aromatic carbocycles. The van der Waals surface area contributed by atoms with Gasteiger partial charge in [-0.25, -0.2) is 4.98 Å². The van der Waals surface area contributed by atoms with E-state index in [1.807, 2.05) is 30.3 Å². The van der Waals surface area contributed by atoms with E-state index in [0.717, 1.165) is 24.2 Å². The highest BCUT2D eigenvalue weighted by Crippen LogP contribution is 2.10. The molecule has 0 unspecified atom stereocenters. The molecule has 106 valence electrons. The largest absolute Gasteiger partial charge is 0.292 e. The maximum absolute atomic E-state index is 12.7. The van der Waals surface area contributed by atoms with Gasteiger partial charge in [-0.3, -0.25) is 14.3 Å². The van der Waals surface area contributed by atoms with Crippen molar-refractivity contribution in [3.8, 4) is 0 Å². The van der Waals surface area contributed by atoms with Gasteiger partial charge in [0.15, 0.2) is 0 Å². The van der Waals surface area contributed by atoms with E-state index >= 15 is 0 Å². The molecule has 0 aliphatic carbocycles. The average molecular weight is 279 g/mol. The van der Waals surface area contributed by atoms with Crippen LogP contribution < -0.4 is 5.56 Å². The number of hydrogen-bond donors (Lipinski definition) is 0. The molecule has 0 saturated carbocycles. The summed E-state index contributed by atoms with van der Waals surface area (Å²) in [4.78, 5) is 21.4. The van der Waals surface area contributed by atoms with Crippen molar-refractivity contribution in [1.82, 2.24) is 14.5 Å². The molecule has 2 aromatic heterocycles. The zero-order chi connectivity index (χ0) is 14.7. The third-order valence-corrected chi connectivity index (χ3v) is 3.49. The number of pyridine rings is 1. The van der Waals surface area contributed by atoms with E-state index in [1.54, 1.807) is 23.0 Å². The van der Waals surface area contributed by atoms with E-state index in [1.165, 1.54) is 0 Å². The van der Waals surface area contributed by atoms with Crippen LogP contribution in [0.4, 0.5) is 0 Å². The Labute approximate surface area is 123 Å². The lowest BCUT2D eigenvalue weighted by Gasteiger charge is -2.13. The molecule has 0 fully saturated rings. The van der Waals surface area contributed by atoms with Gasteiger partial charge in [-0.2, -0.15) is 0 Å². The second kappa shape index (κ2) is 5.87. The lowest BCUT2D eigenvalue weighted by atomic mass is 10.2. The van der Waals surface area contributed by atoms with Crippen molar-refractivity contribution >= 4 is 10.9 Å². The topological polar surface area (TPSA) is 47.8 Å². The number of nitrogens with zero attached hydrogens (tertiary/aromatic N) is 3. The summed E-state index contributed by atoms with van der Waals surface area (Å²) in [5, 5.41) is 0.626. The summed E-state index contributed by atoms with van der Waals surface area (Å²) in [5.74, 6) is 0.826. The van der Waals surface area contributed by atoms with Crippen molar-refractivity contribution in [2.24, 2.45) is 0 Å². The summed E-state index contributed by atoms with van der Waals surface area (Å²) < 4.78 is 1.78. The van der Waals surface area contributed by atoms with E-state index in [4.69, 9.17) is 0 Å². The van der Waals surface area contributed by atoms with Crippen LogP contribution in [-0.4, -0.2) is 14.5 Å². The zero-order valence-electron chi connectivity index (χ0n) is 12.0. The van der Waals surface area contributed by atoms with Crippen molar-refractivity contribution in [3.05, 3.63) is 70.5 Å². The summed E-state index contributed by atoms with van der Waals surface area (Å²) in [6.45, 7) is 2.65. The Hall–Kier alpha value is -2.49. The molecule has 4 heteroatoms. The number of benzene rings is 1. The van der Waals surface area contributed by atoms with Gasteiger partial charge < -0.3 is 0 Å². The first-order valence-corrected chi connectivity index (χ1v) is 7.17. The Balaban J connectivity index is 2.17. The van der Waals surface area contributed by atoms with Crippen molar-refractivity contribution in [1.29, 1.82) is 0 Å². The Morgan fingerprint density at radius 2 is 1.95 bits per heavy atom. The number of rotatable bonds is 4. The molecule has 0 N–H and O–H groups in total. The van der Waals surface area contributed by atoms with Gasteiger partial charge in [0.05, 0.1) is 23.6 Å². The molecule has 0 spiro atoms. The lowest BCUT2D eigenvalue weighted by molar-refractivity contribution is 0.665. The van der Waals surface area contributed by atoms with E-state index in [2.05, 4.69) is 16.9 Å². The van der Waals surface area contributed by atoms with E-state index in [0.29, 0.717) is 17.4 Å². The Morgan fingerprint density at radius 3 is 2.71 bits per heavy atom. The molecule has 0 bridgehead atoms. The molecule has 21 heavy (non-hydrogen) atoms. The average Bonchev–Trinajstić information content (AvgIpc) is 2.52. The molecule has 0 aliphatic heterocycles. The van der Waals surface area contributed by atoms with Gasteiger partial charge in [-0.15, -0.1) is 0 Å². The third kappa shape index (κ3) is 2.70. The molecule has 0 aliphatic rings. The SMILES string of the molecule is CCCc1nc2cnccc2c(=O)n1Cc1ccccc1. The van der Waals surface area contributed by atoms with Crippen LogP contribution in [-0.2, 0) is 13.0 Å². The predicted molar refractivity (Wildman–Crippen MR) is 83.3 cm³/mol. The summed E-state index contributed by atoms with van der Waals surface area (Å²) in [6, 6.07) is 11.7. The predicted octanol–water partition coefficient (Wildman–Crippen LogP) is 2.79. The molecule has 0 saturated heterocycles. The van der Waals surface area contributed by atoms with Crippen LogP contribution >= 0.6 is 0 Å². The van der Waals surface area contributed by atoms with Crippen LogP contribution in [0.2, 0.25) is 0 Å². The first kappa shape index (κ1) is 13.5. The van der Waals surface area contributed by atoms with Gasteiger partial charge in [-0.05, 0) is 18.1 Å². The highest BCUT2D eigenvalue weighted by atomic mass is 16.1. The smallest absolute Gasteiger partial charge is 0.261 e. The minimum Gasteiger partial charge on any atom is -0.292 e. The number of fused-ring (bicyclic) bond motifs is 1. The van der Waals surface area contributed by atoms with Gasteiger partial charge in [0.1, 0.15) is 5.82 Å². The molecule has 0 amide bonds. The van der Waals surface area contributed by atoms with Gasteiger partial charge >= 0.3 is 0 Å². The molecular formula is C17H17N3O. The maximum atomic E-state index is 12.7. The molecule has 0 atom stereocenters. The third-order valence-electron chi connectivity index (χ3n) is 3.49. The van der Waals surface area contributed by atoms with Crippen LogP contribution in [0.5, 0.6) is 0 Å². The van der Waals surface area contributed by atoms with E-state index in [9.17, 15) is 4.79 Å². The summed E-state index contributed by atoms with van der Waals surface area (Å²) in [5.41, 5.74) is 1.79. The normalized spacial score (nSPS) is 10.9. The Morgan fingerprint density at radius 1 is 1.14 bits per heavy atom. The van der Waals surface area contributed by atoms with Gasteiger partial charge in [0.2, 0.25) is 0 Å². The van der Waals surface area contributed by atoms with E-state index in [-0.39, 0.29) is 5.56 Å². The number of aromatic nitrogens is 3. The second-order valence-electron chi connectivity index (χ2n) is 5.05. The summed E-state index contributed by atoms with van der Waals surface area (Å²) in [6.07, 6.45) is 5.03. The standard InChI is InChI=1S/C17H17N3O/c1-2-6-16-19-15-11-18-10-9-14(15)17(21)20(16)12-13-7-4-3-5-8-13/h3-5,7-11H,2,6,12H2,1H3. The second-order valence-corrected chi connectivity index (χ2v) is 5.05. The molecule has 3 aromatic rings. The summed E-state index contributed by atoms with van der Waals surface area (Å²) in [7, 11) is 0. The molecule has 2 heterocycles. The van der Waals surface area contributed by atoms with Crippen LogP contribution in [0.1, 0.15) is 24.7 Å². The van der Waals surface area contributed by atoms with Gasteiger partial charge in [0, 0.05) is 12.6 Å². The minimum atomic E-state index is 0.00898. The zero-order valence-corrected chi connectivity index (χ0v) is 12.0. The molecule has 4 nitrogen and oxygen atoms in total. The summed E-state index contributed by atoms with van der Waals surface area (Å²) >= 11 is 0. The molecular weight excluding hydrogens is 262 g/mol. The maximum Gasteiger partial charge on any atom is 0.261 e. The lowest BCUT2D eigenvalue weighted by Crippen LogP contribution is -2.26. The Kier molecular flexibility index (Phi) is 3.77. The van der Waals surface area contributed by atoms with Crippen LogP contribution in [0.3, 0.4) is 0 Å². The van der Waals surface area contributed by atoms with Crippen LogP contribution in [0.15, 0.2) is 53.6 Å².